The molecule has 1 aliphatic carbocycles. The number of allylic oxidation sites excluding steroid dienone is 1. The Balaban J connectivity index is 2.73. The van der Waals surface area contributed by atoms with E-state index >= 15 is 0 Å². The van der Waals surface area contributed by atoms with Gasteiger partial charge in [-0.1, -0.05) is 25.2 Å². The van der Waals surface area contributed by atoms with Crippen LogP contribution in [0, 0.1) is 5.92 Å². The lowest BCUT2D eigenvalue weighted by Crippen LogP contribution is -2.21. The summed E-state index contributed by atoms with van der Waals surface area (Å²) in [6.45, 7) is 5.67. The van der Waals surface area contributed by atoms with Crippen LogP contribution in [0.25, 0.3) is 0 Å². The zero-order valence-corrected chi connectivity index (χ0v) is 6.58. The number of aliphatic hydroxyl groups is 1. The number of carbonyl (C=O) groups is 1. The van der Waals surface area contributed by atoms with Gasteiger partial charge in [-0.3, -0.25) is 4.79 Å². The predicted octanol–water partition coefficient (Wildman–Crippen LogP) is 1.07. The summed E-state index contributed by atoms with van der Waals surface area (Å²) in [5.74, 6) is -0.399. The van der Waals surface area contributed by atoms with Crippen LogP contribution in [-0.4, -0.2) is 17.0 Å². The fourth-order valence-electron chi connectivity index (χ4n) is 1.24. The van der Waals surface area contributed by atoms with Gasteiger partial charge in [-0.2, -0.15) is 0 Å². The molecule has 2 atom stereocenters. The smallest absolute Gasteiger partial charge is 0.165 e. The molecule has 1 rings (SSSR count). The largest absolute Gasteiger partial charge is 0.388 e. The minimum atomic E-state index is -0.644. The van der Waals surface area contributed by atoms with Crippen molar-refractivity contribution in [3.8, 4) is 0 Å². The molecule has 0 bridgehead atoms. The molecule has 0 saturated carbocycles. The summed E-state index contributed by atoms with van der Waals surface area (Å²) >= 11 is 0. The first-order valence-electron chi connectivity index (χ1n) is 3.74. The topological polar surface area (TPSA) is 37.3 Å². The average molecular weight is 152 g/mol. The van der Waals surface area contributed by atoms with Gasteiger partial charge in [0.2, 0.25) is 0 Å². The molecule has 1 N–H and O–H groups in total. The summed E-state index contributed by atoms with van der Waals surface area (Å²) in [4.78, 5) is 11.1. The normalized spacial score (nSPS) is 29.5. The Bertz CT molecular complexity index is 216. The van der Waals surface area contributed by atoms with Crippen LogP contribution in [0.2, 0.25) is 0 Å². The van der Waals surface area contributed by atoms with Crippen LogP contribution in [0.3, 0.4) is 0 Å². The number of hydrogen-bond acceptors (Lipinski definition) is 2. The first kappa shape index (κ1) is 8.21. The van der Waals surface area contributed by atoms with Crippen LogP contribution in [0.5, 0.6) is 0 Å². The molecular weight excluding hydrogens is 140 g/mol. The Kier molecular flexibility index (Phi) is 2.25. The third-order valence-electron chi connectivity index (χ3n) is 2.00. The minimum absolute atomic E-state index is 0.0237. The molecule has 0 aromatic heterocycles. The second kappa shape index (κ2) is 3.01. The number of aliphatic hydroxyl groups excluding tert-OH is 1. The Morgan fingerprint density at radius 1 is 1.82 bits per heavy atom. The zero-order valence-electron chi connectivity index (χ0n) is 6.58. The van der Waals surface area contributed by atoms with Crippen LogP contribution >= 0.6 is 0 Å². The Hall–Kier alpha value is -0.890. The summed E-state index contributed by atoms with van der Waals surface area (Å²) < 4.78 is 0. The van der Waals surface area contributed by atoms with Gasteiger partial charge in [0, 0.05) is 0 Å². The van der Waals surface area contributed by atoms with Crippen LogP contribution in [0.4, 0.5) is 0 Å². The van der Waals surface area contributed by atoms with E-state index in [2.05, 4.69) is 6.58 Å². The molecule has 0 heterocycles. The number of hydrogen-bond donors (Lipinski definition) is 1. The molecular formula is C9H12O2. The van der Waals surface area contributed by atoms with E-state index in [1.54, 1.807) is 0 Å². The Morgan fingerprint density at radius 2 is 2.45 bits per heavy atom. The van der Waals surface area contributed by atoms with Crippen molar-refractivity contribution in [3.63, 3.8) is 0 Å². The molecule has 11 heavy (non-hydrogen) atoms. The van der Waals surface area contributed by atoms with E-state index in [-0.39, 0.29) is 11.7 Å². The highest BCUT2D eigenvalue weighted by Gasteiger charge is 2.29. The van der Waals surface area contributed by atoms with Crippen LogP contribution in [0.15, 0.2) is 24.3 Å². The lowest BCUT2D eigenvalue weighted by atomic mass is 9.93. The molecule has 0 radical (unpaired) electrons. The van der Waals surface area contributed by atoms with Crippen molar-refractivity contribution in [3.05, 3.63) is 24.3 Å². The summed E-state index contributed by atoms with van der Waals surface area (Å²) in [5, 5.41) is 9.29. The third kappa shape index (κ3) is 1.40. The van der Waals surface area contributed by atoms with Crippen molar-refractivity contribution >= 4 is 5.78 Å². The van der Waals surface area contributed by atoms with Crippen molar-refractivity contribution in [2.75, 3.05) is 0 Å². The monoisotopic (exact) mass is 152 g/mol. The van der Waals surface area contributed by atoms with E-state index < -0.39 is 6.10 Å². The molecule has 2 unspecified atom stereocenters. The summed E-state index contributed by atoms with van der Waals surface area (Å²) in [6.07, 6.45) is 3.05. The fourth-order valence-corrected chi connectivity index (χ4v) is 1.24. The van der Waals surface area contributed by atoms with Crippen LogP contribution in [0.1, 0.15) is 13.3 Å². The van der Waals surface area contributed by atoms with Crippen molar-refractivity contribution < 1.29 is 9.90 Å². The maximum Gasteiger partial charge on any atom is 0.165 e. The number of ketones is 1. The van der Waals surface area contributed by atoms with Gasteiger partial charge in [-0.05, 0) is 12.5 Å². The molecule has 0 aromatic carbocycles. The highest BCUT2D eigenvalue weighted by molar-refractivity contribution is 5.96. The van der Waals surface area contributed by atoms with Gasteiger partial charge >= 0.3 is 0 Å². The third-order valence-corrected chi connectivity index (χ3v) is 2.00. The second-order valence-electron chi connectivity index (χ2n) is 2.74. The quantitative estimate of drug-likeness (QED) is 0.601. The van der Waals surface area contributed by atoms with E-state index in [1.165, 1.54) is 12.2 Å². The number of carbonyl (C=O) groups excluding carboxylic acids is 1. The van der Waals surface area contributed by atoms with Gasteiger partial charge in [0.1, 0.15) is 0 Å². The fraction of sp³-hybridized carbons (Fsp3) is 0.444. The molecule has 0 aromatic rings. The maximum absolute atomic E-state index is 11.1. The zero-order chi connectivity index (χ0) is 8.43. The van der Waals surface area contributed by atoms with E-state index in [1.807, 2.05) is 6.92 Å². The van der Waals surface area contributed by atoms with E-state index in [0.717, 1.165) is 12.0 Å². The van der Waals surface area contributed by atoms with Gasteiger partial charge in [-0.25, -0.2) is 0 Å². The minimum Gasteiger partial charge on any atom is -0.388 e. The van der Waals surface area contributed by atoms with Crippen molar-refractivity contribution in [2.45, 2.75) is 19.4 Å². The second-order valence-corrected chi connectivity index (χ2v) is 2.74. The molecule has 0 fully saturated rings. The lowest BCUT2D eigenvalue weighted by molar-refractivity contribution is -0.118. The van der Waals surface area contributed by atoms with Gasteiger partial charge in [-0.15, -0.1) is 0 Å². The van der Waals surface area contributed by atoms with Crippen LogP contribution in [-0.2, 0) is 4.79 Å². The van der Waals surface area contributed by atoms with Crippen molar-refractivity contribution in [1.82, 2.24) is 0 Å². The van der Waals surface area contributed by atoms with Crippen LogP contribution < -0.4 is 0 Å². The lowest BCUT2D eigenvalue weighted by Gasteiger charge is -2.13. The van der Waals surface area contributed by atoms with Gasteiger partial charge in [0.05, 0.1) is 12.0 Å². The van der Waals surface area contributed by atoms with Gasteiger partial charge in [0.25, 0.3) is 0 Å². The highest BCUT2D eigenvalue weighted by atomic mass is 16.3. The van der Waals surface area contributed by atoms with Gasteiger partial charge < -0.3 is 5.11 Å². The Morgan fingerprint density at radius 3 is 2.82 bits per heavy atom. The van der Waals surface area contributed by atoms with Crippen molar-refractivity contribution in [2.24, 2.45) is 5.92 Å². The standard InChI is InChI=1S/C9H12O2/c1-3-6(2)9-7(10)4-5-8(9)11/h4-5,7,9-10H,2-3H2,1H3. The Labute approximate surface area is 66.2 Å². The molecule has 0 spiro atoms. The van der Waals surface area contributed by atoms with Crippen molar-refractivity contribution in [1.29, 1.82) is 0 Å². The first-order chi connectivity index (χ1) is 5.16. The molecule has 2 heteroatoms. The molecule has 0 amide bonds. The van der Waals surface area contributed by atoms with E-state index in [0.29, 0.717) is 0 Å². The molecule has 2 nitrogen and oxygen atoms in total. The highest BCUT2D eigenvalue weighted by Crippen LogP contribution is 2.23. The first-order valence-corrected chi connectivity index (χ1v) is 3.74. The summed E-state index contributed by atoms with van der Waals surface area (Å²) in [6, 6.07) is 0. The maximum atomic E-state index is 11.1. The predicted molar refractivity (Wildman–Crippen MR) is 43.1 cm³/mol. The van der Waals surface area contributed by atoms with E-state index in [9.17, 15) is 9.90 Å². The SMILES string of the molecule is C=C(CC)C1C(=O)C=CC1O. The van der Waals surface area contributed by atoms with E-state index in [4.69, 9.17) is 0 Å². The van der Waals surface area contributed by atoms with Gasteiger partial charge in [0.15, 0.2) is 5.78 Å². The number of rotatable bonds is 2. The summed E-state index contributed by atoms with van der Waals surface area (Å²) in [7, 11) is 0. The molecule has 0 aliphatic heterocycles. The average Bonchev–Trinajstić information content (AvgIpc) is 2.30. The molecule has 0 saturated heterocycles. The molecule has 1 aliphatic rings. The molecule has 60 valence electrons. The summed E-state index contributed by atoms with van der Waals surface area (Å²) in [5.41, 5.74) is 0.813.